The topological polar surface area (TPSA) is 72.6 Å². The molecule has 0 radical (unpaired) electrons. The number of carbonyl (C=O) groups is 1. The second kappa shape index (κ2) is 4.68. The van der Waals surface area contributed by atoms with Gasteiger partial charge in [0.15, 0.2) is 0 Å². The molecule has 1 unspecified atom stereocenters. The highest BCUT2D eigenvalue weighted by atomic mass is 32.2. The van der Waals surface area contributed by atoms with Crippen LogP contribution in [0.2, 0.25) is 0 Å². The van der Waals surface area contributed by atoms with Gasteiger partial charge >= 0.3 is 5.97 Å². The Morgan fingerprint density at radius 2 is 2.06 bits per heavy atom. The molecule has 0 aliphatic carbocycles. The molecule has 1 atom stereocenters. The first kappa shape index (κ1) is 12.4. The lowest BCUT2D eigenvalue weighted by molar-refractivity contribution is -0.184. The Labute approximate surface area is 104 Å². The maximum atomic E-state index is 11.3. The molecule has 0 amide bonds. The molecule has 1 aliphatic heterocycles. The molecule has 17 heavy (non-hydrogen) atoms. The number of hydrogen-bond acceptors (Lipinski definition) is 4. The van der Waals surface area contributed by atoms with Crippen LogP contribution >= 0.6 is 11.8 Å². The van der Waals surface area contributed by atoms with Gasteiger partial charge in [-0.2, -0.15) is 0 Å². The molecule has 4 nitrogen and oxygen atoms in total. The number of thioether (sulfide) groups is 1. The number of carboxylic acid groups (broad SMARTS) is 1. The van der Waals surface area contributed by atoms with Crippen molar-refractivity contribution in [1.82, 2.24) is 0 Å². The molecule has 1 heterocycles. The van der Waals surface area contributed by atoms with Gasteiger partial charge in [0.25, 0.3) is 0 Å². The Morgan fingerprint density at radius 3 is 2.41 bits per heavy atom. The molecule has 1 aromatic carbocycles. The Hall–Kier alpha value is -1.04. The predicted molar refractivity (Wildman–Crippen MR) is 66.0 cm³/mol. The molecule has 0 spiro atoms. The Balaban J connectivity index is 2.23. The van der Waals surface area contributed by atoms with Gasteiger partial charge in [0.05, 0.1) is 19.3 Å². The van der Waals surface area contributed by atoms with Gasteiger partial charge in [-0.05, 0) is 24.0 Å². The second-order valence-corrected chi connectivity index (χ2v) is 5.08. The van der Waals surface area contributed by atoms with Gasteiger partial charge in [0.2, 0.25) is 0 Å². The molecule has 5 heteroatoms. The van der Waals surface area contributed by atoms with Crippen molar-refractivity contribution in [3.63, 3.8) is 0 Å². The van der Waals surface area contributed by atoms with Crippen LogP contribution in [0.25, 0.3) is 0 Å². The molecule has 92 valence electrons. The number of nitrogens with two attached hydrogens (primary N) is 1. The van der Waals surface area contributed by atoms with Crippen LogP contribution in [0.5, 0.6) is 0 Å². The van der Waals surface area contributed by atoms with Gasteiger partial charge in [-0.15, -0.1) is 11.8 Å². The zero-order valence-corrected chi connectivity index (χ0v) is 10.4. The Morgan fingerprint density at radius 1 is 1.47 bits per heavy atom. The minimum Gasteiger partial charge on any atom is -0.481 e. The SMILES string of the molecule is CSc1ccc(C(N)C2(C(=O)O)COC2)cc1. The van der Waals surface area contributed by atoms with Crippen molar-refractivity contribution in [3.8, 4) is 0 Å². The van der Waals surface area contributed by atoms with E-state index < -0.39 is 17.4 Å². The van der Waals surface area contributed by atoms with Crippen molar-refractivity contribution in [2.45, 2.75) is 10.9 Å². The molecule has 0 saturated carbocycles. The summed E-state index contributed by atoms with van der Waals surface area (Å²) in [7, 11) is 0. The monoisotopic (exact) mass is 253 g/mol. The zero-order valence-electron chi connectivity index (χ0n) is 9.55. The third-order valence-corrected chi connectivity index (χ3v) is 3.96. The average Bonchev–Trinajstić information content (AvgIpc) is 2.27. The predicted octanol–water partition coefficient (Wildman–Crippen LogP) is 1.51. The van der Waals surface area contributed by atoms with Crippen LogP contribution in [0.4, 0.5) is 0 Å². The van der Waals surface area contributed by atoms with E-state index in [1.54, 1.807) is 11.8 Å². The van der Waals surface area contributed by atoms with Crippen molar-refractivity contribution in [3.05, 3.63) is 29.8 Å². The third kappa shape index (κ3) is 2.06. The highest BCUT2D eigenvalue weighted by molar-refractivity contribution is 7.98. The van der Waals surface area contributed by atoms with Crippen molar-refractivity contribution < 1.29 is 14.6 Å². The van der Waals surface area contributed by atoms with Gasteiger partial charge in [-0.1, -0.05) is 12.1 Å². The number of benzene rings is 1. The summed E-state index contributed by atoms with van der Waals surface area (Å²) in [5.41, 5.74) is 5.94. The first-order valence-corrected chi connectivity index (χ1v) is 6.53. The molecule has 1 aliphatic rings. The van der Waals surface area contributed by atoms with E-state index in [9.17, 15) is 9.90 Å². The molecule has 1 aromatic rings. The van der Waals surface area contributed by atoms with Crippen LogP contribution in [0.3, 0.4) is 0 Å². The molecular weight excluding hydrogens is 238 g/mol. The summed E-state index contributed by atoms with van der Waals surface area (Å²) in [6.07, 6.45) is 1.99. The Kier molecular flexibility index (Phi) is 3.42. The number of carboxylic acids is 1. The van der Waals surface area contributed by atoms with E-state index in [-0.39, 0.29) is 13.2 Å². The Bertz CT molecular complexity index is 414. The minimum atomic E-state index is -0.957. The number of hydrogen-bond donors (Lipinski definition) is 2. The summed E-state index contributed by atoms with van der Waals surface area (Å²) in [5, 5.41) is 9.25. The molecule has 0 aromatic heterocycles. The number of aliphatic carboxylic acids is 1. The fraction of sp³-hybridized carbons (Fsp3) is 0.417. The van der Waals surface area contributed by atoms with E-state index >= 15 is 0 Å². The third-order valence-electron chi connectivity index (χ3n) is 3.22. The lowest BCUT2D eigenvalue weighted by Gasteiger charge is -2.41. The standard InChI is InChI=1S/C12H15NO3S/c1-17-9-4-2-8(3-5-9)10(13)12(11(14)15)6-16-7-12/h2-5,10H,6-7,13H2,1H3,(H,14,15). The van der Waals surface area contributed by atoms with Gasteiger partial charge in [-0.3, -0.25) is 4.79 Å². The van der Waals surface area contributed by atoms with Crippen LogP contribution in [-0.4, -0.2) is 30.5 Å². The molecule has 2 rings (SSSR count). The average molecular weight is 253 g/mol. The summed E-state index contributed by atoms with van der Waals surface area (Å²) in [6.45, 7) is 0.377. The quantitative estimate of drug-likeness (QED) is 0.796. The van der Waals surface area contributed by atoms with E-state index in [1.807, 2.05) is 30.5 Å². The van der Waals surface area contributed by atoms with Crippen molar-refractivity contribution in [1.29, 1.82) is 0 Å². The minimum absolute atomic E-state index is 0.188. The summed E-state index contributed by atoms with van der Waals surface area (Å²) >= 11 is 1.64. The molecule has 0 bridgehead atoms. The first-order valence-electron chi connectivity index (χ1n) is 5.31. The van der Waals surface area contributed by atoms with E-state index in [1.165, 1.54) is 0 Å². The van der Waals surface area contributed by atoms with E-state index in [0.29, 0.717) is 0 Å². The summed E-state index contributed by atoms with van der Waals surface area (Å²) in [5.74, 6) is -0.884. The number of rotatable bonds is 4. The highest BCUT2D eigenvalue weighted by Crippen LogP contribution is 2.39. The maximum absolute atomic E-state index is 11.3. The van der Waals surface area contributed by atoms with Crippen LogP contribution in [0.1, 0.15) is 11.6 Å². The van der Waals surface area contributed by atoms with Crippen molar-refractivity contribution >= 4 is 17.7 Å². The number of ether oxygens (including phenoxy) is 1. The van der Waals surface area contributed by atoms with Gasteiger partial charge in [-0.25, -0.2) is 0 Å². The first-order chi connectivity index (χ1) is 8.10. The normalized spacial score (nSPS) is 19.4. The van der Waals surface area contributed by atoms with Gasteiger partial charge < -0.3 is 15.6 Å². The van der Waals surface area contributed by atoms with Crippen LogP contribution in [0.15, 0.2) is 29.2 Å². The second-order valence-electron chi connectivity index (χ2n) is 4.20. The molecule has 1 saturated heterocycles. The van der Waals surface area contributed by atoms with Crippen LogP contribution in [0, 0.1) is 5.41 Å². The smallest absolute Gasteiger partial charge is 0.316 e. The maximum Gasteiger partial charge on any atom is 0.316 e. The van der Waals surface area contributed by atoms with Crippen molar-refractivity contribution in [2.75, 3.05) is 19.5 Å². The fourth-order valence-electron chi connectivity index (χ4n) is 1.89. The molecular formula is C12H15NO3S. The van der Waals surface area contributed by atoms with Gasteiger partial charge in [0, 0.05) is 4.90 Å². The summed E-state index contributed by atoms with van der Waals surface area (Å²) < 4.78 is 5.02. The van der Waals surface area contributed by atoms with Gasteiger partial charge in [0.1, 0.15) is 5.41 Å². The van der Waals surface area contributed by atoms with Crippen molar-refractivity contribution in [2.24, 2.45) is 11.1 Å². The molecule has 3 N–H and O–H groups in total. The van der Waals surface area contributed by atoms with E-state index in [0.717, 1.165) is 10.5 Å². The lowest BCUT2D eigenvalue weighted by atomic mass is 9.76. The fourth-order valence-corrected chi connectivity index (χ4v) is 2.30. The zero-order chi connectivity index (χ0) is 12.5. The van der Waals surface area contributed by atoms with Crippen LogP contribution in [-0.2, 0) is 9.53 Å². The largest absolute Gasteiger partial charge is 0.481 e. The lowest BCUT2D eigenvalue weighted by Crippen LogP contribution is -2.55. The summed E-state index contributed by atoms with van der Waals surface area (Å²) in [4.78, 5) is 12.4. The van der Waals surface area contributed by atoms with Crippen LogP contribution < -0.4 is 5.73 Å². The van der Waals surface area contributed by atoms with E-state index in [4.69, 9.17) is 10.5 Å². The summed E-state index contributed by atoms with van der Waals surface area (Å²) in [6, 6.07) is 7.16. The highest BCUT2D eigenvalue weighted by Gasteiger charge is 2.51. The van der Waals surface area contributed by atoms with E-state index in [2.05, 4.69) is 0 Å². The molecule has 1 fully saturated rings.